The zero-order valence-corrected chi connectivity index (χ0v) is 20.5. The molecule has 0 bridgehead atoms. The lowest BCUT2D eigenvalue weighted by atomic mass is 10.0. The van der Waals surface area contributed by atoms with E-state index in [-0.39, 0.29) is 35.1 Å². The lowest BCUT2D eigenvalue weighted by molar-refractivity contribution is -0.130. The summed E-state index contributed by atoms with van der Waals surface area (Å²) in [7, 11) is 0. The van der Waals surface area contributed by atoms with Crippen LogP contribution in [0.25, 0.3) is 10.9 Å². The molecule has 1 aromatic carbocycles. The van der Waals surface area contributed by atoms with E-state index in [1.807, 2.05) is 11.1 Å². The van der Waals surface area contributed by atoms with Crippen molar-refractivity contribution in [2.24, 2.45) is 4.99 Å². The number of nitrogens with one attached hydrogen (secondary N) is 1. The van der Waals surface area contributed by atoms with E-state index >= 15 is 0 Å². The van der Waals surface area contributed by atoms with E-state index in [0.29, 0.717) is 56.3 Å². The number of benzene rings is 1. The summed E-state index contributed by atoms with van der Waals surface area (Å²) in [6.07, 6.45) is 7.70. The highest BCUT2D eigenvalue weighted by Gasteiger charge is 2.29. The molecular weight excluding hydrogens is 515 g/mol. The molecular formula is C27H22F3N5O4. The lowest BCUT2D eigenvalue weighted by Gasteiger charge is -2.29. The number of hydrogen-bond donors (Lipinski definition) is 1. The molecule has 9 nitrogen and oxygen atoms in total. The Balaban J connectivity index is 1.23. The number of nitrogens with zero attached hydrogens (tertiary/aromatic N) is 4. The summed E-state index contributed by atoms with van der Waals surface area (Å²) in [5.41, 5.74) is -0.112. The summed E-state index contributed by atoms with van der Waals surface area (Å²) in [5, 5.41) is 0.187. The standard InChI is InChI=1S/C27H22F3N5O4/c28-16-10-20(29)23(21(30)11-16)25(36)19-12-31-24-18(19)2-4-35(27(24)38)14-17-13-34-3-1-15(9-22(34)32-17)26(37)33-5-7-39-8-6-33/h1-4,9-12,22,31H,5-8,13-14H2. The van der Waals surface area contributed by atoms with Crippen LogP contribution in [0, 0.1) is 17.5 Å². The molecule has 1 fully saturated rings. The molecule has 0 aliphatic carbocycles. The monoisotopic (exact) mass is 537 g/mol. The maximum absolute atomic E-state index is 14.2. The van der Waals surface area contributed by atoms with Gasteiger partial charge in [0.05, 0.1) is 37.6 Å². The van der Waals surface area contributed by atoms with Crippen LogP contribution in [0.4, 0.5) is 13.2 Å². The maximum Gasteiger partial charge on any atom is 0.275 e. The Labute approximate surface area is 219 Å². The number of rotatable bonds is 5. The minimum absolute atomic E-state index is 0.0722. The average molecular weight is 537 g/mol. The molecule has 1 saturated heterocycles. The zero-order valence-electron chi connectivity index (χ0n) is 20.5. The molecule has 0 saturated carbocycles. The number of ketones is 1. The molecule has 39 heavy (non-hydrogen) atoms. The summed E-state index contributed by atoms with van der Waals surface area (Å²) in [6, 6.07) is 2.36. The number of carbonyl (C=O) groups excluding carboxylic acids is 2. The van der Waals surface area contributed by atoms with Crippen LogP contribution in [0.2, 0.25) is 0 Å². The predicted octanol–water partition coefficient (Wildman–Crippen LogP) is 2.37. The number of aliphatic imine (C=N–C) groups is 1. The van der Waals surface area contributed by atoms with Gasteiger partial charge in [-0.2, -0.15) is 0 Å². The second-order valence-corrected chi connectivity index (χ2v) is 9.44. The van der Waals surface area contributed by atoms with Crippen molar-refractivity contribution in [2.45, 2.75) is 12.7 Å². The van der Waals surface area contributed by atoms with Crippen molar-refractivity contribution in [1.82, 2.24) is 19.4 Å². The van der Waals surface area contributed by atoms with Gasteiger partial charge in [-0.25, -0.2) is 13.2 Å². The van der Waals surface area contributed by atoms with Gasteiger partial charge >= 0.3 is 0 Å². The van der Waals surface area contributed by atoms with Crippen molar-refractivity contribution >= 4 is 28.3 Å². The van der Waals surface area contributed by atoms with Gasteiger partial charge < -0.3 is 24.1 Å². The molecule has 12 heteroatoms. The Morgan fingerprint density at radius 3 is 2.62 bits per heavy atom. The van der Waals surface area contributed by atoms with Crippen LogP contribution < -0.4 is 5.56 Å². The van der Waals surface area contributed by atoms with Crippen molar-refractivity contribution in [1.29, 1.82) is 0 Å². The molecule has 3 aliphatic heterocycles. The fraction of sp³-hybridized carbons (Fsp3) is 0.259. The second-order valence-electron chi connectivity index (χ2n) is 9.44. The van der Waals surface area contributed by atoms with Crippen molar-refractivity contribution in [3.8, 4) is 0 Å². The SMILES string of the molecule is O=C(c1c(F)cc(F)cc1F)c1c[nH]c2c(=O)n(CC3=NC4C=C(C(=O)N5CCOCC5)C=CN4C3)ccc12. The van der Waals surface area contributed by atoms with E-state index < -0.39 is 34.4 Å². The molecule has 1 atom stereocenters. The number of pyridine rings is 1. The van der Waals surface area contributed by atoms with Gasteiger partial charge in [-0.05, 0) is 18.2 Å². The Hall–Kier alpha value is -4.45. The van der Waals surface area contributed by atoms with Gasteiger partial charge in [0, 0.05) is 60.3 Å². The number of H-pyrrole nitrogens is 1. The summed E-state index contributed by atoms with van der Waals surface area (Å²) in [4.78, 5) is 50.0. The van der Waals surface area contributed by atoms with Crippen molar-refractivity contribution in [3.63, 3.8) is 0 Å². The van der Waals surface area contributed by atoms with Crippen LogP contribution in [0.3, 0.4) is 0 Å². The smallest absolute Gasteiger partial charge is 0.275 e. The van der Waals surface area contributed by atoms with Gasteiger partial charge in [-0.1, -0.05) is 0 Å². The maximum atomic E-state index is 14.2. The molecule has 1 N–H and O–H groups in total. The zero-order chi connectivity index (χ0) is 27.3. The molecule has 1 unspecified atom stereocenters. The van der Waals surface area contributed by atoms with Crippen LogP contribution in [0.5, 0.6) is 0 Å². The number of ether oxygens (including phenoxy) is 1. The number of hydrogen-bond acceptors (Lipinski definition) is 6. The van der Waals surface area contributed by atoms with E-state index in [1.165, 1.54) is 23.0 Å². The molecule has 2 aromatic heterocycles. The Morgan fingerprint density at radius 2 is 1.87 bits per heavy atom. The number of amides is 1. The Morgan fingerprint density at radius 1 is 1.13 bits per heavy atom. The molecule has 200 valence electrons. The summed E-state index contributed by atoms with van der Waals surface area (Å²) >= 11 is 0. The third-order valence-electron chi connectivity index (χ3n) is 6.99. The normalized spacial score (nSPS) is 18.8. The van der Waals surface area contributed by atoms with E-state index in [0.717, 1.165) is 0 Å². The molecule has 6 rings (SSSR count). The van der Waals surface area contributed by atoms with Gasteiger partial charge in [0.15, 0.2) is 0 Å². The van der Waals surface area contributed by atoms with Crippen LogP contribution in [0.1, 0.15) is 15.9 Å². The number of aromatic amines is 1. The molecule has 0 radical (unpaired) electrons. The largest absolute Gasteiger partial charge is 0.378 e. The van der Waals surface area contributed by atoms with Gasteiger partial charge in [-0.15, -0.1) is 0 Å². The Bertz CT molecular complexity index is 1640. The van der Waals surface area contributed by atoms with E-state index in [2.05, 4.69) is 9.98 Å². The first kappa shape index (κ1) is 24.9. The third-order valence-corrected chi connectivity index (χ3v) is 6.99. The first-order valence-corrected chi connectivity index (χ1v) is 12.3. The molecule has 5 heterocycles. The number of carbonyl (C=O) groups is 2. The van der Waals surface area contributed by atoms with E-state index in [9.17, 15) is 27.6 Å². The first-order chi connectivity index (χ1) is 18.8. The molecule has 3 aromatic rings. The molecule has 3 aliphatic rings. The summed E-state index contributed by atoms with van der Waals surface area (Å²) in [5.74, 6) is -4.87. The van der Waals surface area contributed by atoms with Crippen molar-refractivity contribution in [2.75, 3.05) is 32.8 Å². The topological polar surface area (TPSA) is 100 Å². The van der Waals surface area contributed by atoms with E-state index in [1.54, 1.807) is 17.1 Å². The fourth-order valence-electron chi connectivity index (χ4n) is 5.02. The number of aromatic nitrogens is 2. The quantitative estimate of drug-likeness (QED) is 0.504. The summed E-state index contributed by atoms with van der Waals surface area (Å²) in [6.45, 7) is 2.72. The highest BCUT2D eigenvalue weighted by molar-refractivity contribution is 6.16. The van der Waals surface area contributed by atoms with Crippen LogP contribution in [0.15, 0.2) is 64.3 Å². The fourth-order valence-corrected chi connectivity index (χ4v) is 5.02. The van der Waals surface area contributed by atoms with Gasteiger partial charge in [0.1, 0.15) is 29.1 Å². The third kappa shape index (κ3) is 4.46. The lowest BCUT2D eigenvalue weighted by Crippen LogP contribution is -2.42. The Kier molecular flexibility index (Phi) is 6.18. The predicted molar refractivity (Wildman–Crippen MR) is 135 cm³/mol. The highest BCUT2D eigenvalue weighted by Crippen LogP contribution is 2.24. The number of morpholine rings is 1. The van der Waals surface area contributed by atoms with Crippen molar-refractivity contribution < 1.29 is 27.5 Å². The van der Waals surface area contributed by atoms with Crippen LogP contribution >= 0.6 is 0 Å². The van der Waals surface area contributed by atoms with Gasteiger partial charge in [0.25, 0.3) is 11.5 Å². The van der Waals surface area contributed by atoms with Crippen molar-refractivity contribution in [3.05, 3.63) is 93.5 Å². The minimum Gasteiger partial charge on any atom is -0.378 e. The van der Waals surface area contributed by atoms with Gasteiger partial charge in [-0.3, -0.25) is 19.4 Å². The van der Waals surface area contributed by atoms with Gasteiger partial charge in [0.2, 0.25) is 5.78 Å². The molecule has 1 amide bonds. The second kappa shape index (κ2) is 9.70. The molecule has 0 spiro atoms. The minimum atomic E-state index is -1.33. The number of halogens is 3. The number of fused-ring (bicyclic) bond motifs is 2. The van der Waals surface area contributed by atoms with Crippen LogP contribution in [-0.4, -0.2) is 75.8 Å². The first-order valence-electron chi connectivity index (χ1n) is 12.3. The highest BCUT2D eigenvalue weighted by atomic mass is 19.1. The average Bonchev–Trinajstić information content (AvgIpc) is 3.53. The van der Waals surface area contributed by atoms with Crippen LogP contribution in [-0.2, 0) is 16.1 Å². The van der Waals surface area contributed by atoms with E-state index in [4.69, 9.17) is 4.74 Å². The summed E-state index contributed by atoms with van der Waals surface area (Å²) < 4.78 is 48.4.